The van der Waals surface area contributed by atoms with Gasteiger partial charge >= 0.3 is 0 Å². The molecule has 2 heteroatoms. The van der Waals surface area contributed by atoms with E-state index < -0.39 is 0 Å². The van der Waals surface area contributed by atoms with Crippen molar-refractivity contribution in [3.05, 3.63) is 29.8 Å². The second kappa shape index (κ2) is 6.17. The Hall–Kier alpha value is -1.02. The van der Waals surface area contributed by atoms with E-state index in [1.54, 1.807) is 0 Å². The highest BCUT2D eigenvalue weighted by Gasteiger charge is 2.34. The Labute approximate surface area is 123 Å². The van der Waals surface area contributed by atoms with Crippen molar-refractivity contribution in [2.24, 2.45) is 5.92 Å². The van der Waals surface area contributed by atoms with E-state index in [-0.39, 0.29) is 0 Å². The fraction of sp³-hybridized carbons (Fsp3) is 0.667. The van der Waals surface area contributed by atoms with Crippen LogP contribution in [0.1, 0.15) is 57.4 Å². The van der Waals surface area contributed by atoms with Crippen LogP contribution in [0.3, 0.4) is 0 Å². The van der Waals surface area contributed by atoms with Gasteiger partial charge in [-0.25, -0.2) is 0 Å². The number of anilines is 1. The lowest BCUT2D eigenvalue weighted by molar-refractivity contribution is 0.376. The highest BCUT2D eigenvalue weighted by molar-refractivity contribution is 5.47. The van der Waals surface area contributed by atoms with Gasteiger partial charge < -0.3 is 10.6 Å². The molecule has 0 bridgehead atoms. The van der Waals surface area contributed by atoms with Crippen molar-refractivity contribution >= 4 is 5.69 Å². The van der Waals surface area contributed by atoms with Gasteiger partial charge in [0, 0.05) is 17.8 Å². The monoisotopic (exact) mass is 272 g/mol. The standard InChI is InChI=1S/C18H28N2/c1-13(2)14-6-3-7-15(12-14)20-18-9-4-8-16(18)17-10-5-11-19-17/h3,6-7,12-13,16-20H,4-5,8-11H2,1-2H3. The van der Waals surface area contributed by atoms with E-state index in [2.05, 4.69) is 48.7 Å². The molecule has 2 aliphatic rings. The Balaban J connectivity index is 1.68. The number of benzene rings is 1. The minimum atomic E-state index is 0.604. The van der Waals surface area contributed by atoms with Crippen molar-refractivity contribution in [3.63, 3.8) is 0 Å². The van der Waals surface area contributed by atoms with Crippen LogP contribution in [0.5, 0.6) is 0 Å². The number of rotatable bonds is 4. The maximum Gasteiger partial charge on any atom is 0.0345 e. The topological polar surface area (TPSA) is 24.1 Å². The molecule has 1 aliphatic heterocycles. The smallest absolute Gasteiger partial charge is 0.0345 e. The molecule has 0 amide bonds. The molecule has 2 N–H and O–H groups in total. The third-order valence-corrected chi connectivity index (χ3v) is 5.09. The first kappa shape index (κ1) is 13.9. The molecular formula is C18H28N2. The van der Waals surface area contributed by atoms with Gasteiger partial charge in [-0.2, -0.15) is 0 Å². The molecule has 1 aromatic rings. The van der Waals surface area contributed by atoms with Gasteiger partial charge in [-0.15, -0.1) is 0 Å². The second-order valence-electron chi connectivity index (χ2n) is 6.83. The fourth-order valence-corrected chi connectivity index (χ4v) is 3.93. The summed E-state index contributed by atoms with van der Waals surface area (Å²) in [6.45, 7) is 5.75. The molecule has 0 radical (unpaired) electrons. The predicted octanol–water partition coefficient (Wildman–Crippen LogP) is 4.14. The first-order valence-corrected chi connectivity index (χ1v) is 8.34. The molecule has 2 nitrogen and oxygen atoms in total. The molecule has 1 aliphatic carbocycles. The van der Waals surface area contributed by atoms with Gasteiger partial charge in [0.2, 0.25) is 0 Å². The summed E-state index contributed by atoms with van der Waals surface area (Å²) >= 11 is 0. The third-order valence-electron chi connectivity index (χ3n) is 5.09. The van der Waals surface area contributed by atoms with Crippen LogP contribution in [-0.4, -0.2) is 18.6 Å². The van der Waals surface area contributed by atoms with Crippen LogP contribution in [0.2, 0.25) is 0 Å². The zero-order chi connectivity index (χ0) is 13.9. The van der Waals surface area contributed by atoms with Crippen LogP contribution in [0.15, 0.2) is 24.3 Å². The van der Waals surface area contributed by atoms with Crippen LogP contribution in [-0.2, 0) is 0 Å². The summed E-state index contributed by atoms with van der Waals surface area (Å²) in [5, 5.41) is 7.53. The van der Waals surface area contributed by atoms with E-state index in [1.807, 2.05) is 0 Å². The highest BCUT2D eigenvalue weighted by Crippen LogP contribution is 2.34. The molecule has 1 saturated heterocycles. The van der Waals surface area contributed by atoms with E-state index in [0.717, 1.165) is 12.0 Å². The van der Waals surface area contributed by atoms with Crippen molar-refractivity contribution in [2.45, 2.75) is 64.0 Å². The first-order valence-electron chi connectivity index (χ1n) is 8.34. The normalized spacial score (nSPS) is 30.1. The highest BCUT2D eigenvalue weighted by atomic mass is 15.0. The predicted molar refractivity (Wildman–Crippen MR) is 86.3 cm³/mol. The van der Waals surface area contributed by atoms with Gasteiger partial charge in [0.25, 0.3) is 0 Å². The lowest BCUT2D eigenvalue weighted by atomic mass is 9.92. The van der Waals surface area contributed by atoms with Crippen molar-refractivity contribution < 1.29 is 0 Å². The summed E-state index contributed by atoms with van der Waals surface area (Å²) in [6.07, 6.45) is 6.82. The fourth-order valence-electron chi connectivity index (χ4n) is 3.93. The molecule has 3 unspecified atom stereocenters. The minimum Gasteiger partial charge on any atom is -0.382 e. The van der Waals surface area contributed by atoms with Crippen LogP contribution >= 0.6 is 0 Å². The maximum atomic E-state index is 3.82. The van der Waals surface area contributed by atoms with E-state index >= 15 is 0 Å². The molecule has 3 rings (SSSR count). The van der Waals surface area contributed by atoms with Crippen LogP contribution in [0, 0.1) is 5.92 Å². The molecule has 1 aromatic carbocycles. The van der Waals surface area contributed by atoms with E-state index in [9.17, 15) is 0 Å². The SMILES string of the molecule is CC(C)c1cccc(NC2CCCC2C2CCCN2)c1. The lowest BCUT2D eigenvalue weighted by Gasteiger charge is -2.27. The average Bonchev–Trinajstić information content (AvgIpc) is 3.09. The number of hydrogen-bond donors (Lipinski definition) is 2. The minimum absolute atomic E-state index is 0.604. The zero-order valence-electron chi connectivity index (χ0n) is 12.9. The first-order chi connectivity index (χ1) is 9.74. The summed E-state index contributed by atoms with van der Waals surface area (Å²) in [6, 6.07) is 10.4. The van der Waals surface area contributed by atoms with Gasteiger partial charge in [-0.3, -0.25) is 0 Å². The van der Waals surface area contributed by atoms with Gasteiger partial charge in [-0.1, -0.05) is 32.4 Å². The van der Waals surface area contributed by atoms with Gasteiger partial charge in [0.15, 0.2) is 0 Å². The summed E-state index contributed by atoms with van der Waals surface area (Å²) in [5.74, 6) is 1.42. The van der Waals surface area contributed by atoms with Crippen LogP contribution in [0.4, 0.5) is 5.69 Å². The average molecular weight is 272 g/mol. The molecule has 2 fully saturated rings. The van der Waals surface area contributed by atoms with Crippen molar-refractivity contribution in [3.8, 4) is 0 Å². The van der Waals surface area contributed by atoms with Gasteiger partial charge in [-0.05, 0) is 61.8 Å². The Morgan fingerprint density at radius 3 is 2.80 bits per heavy atom. The Morgan fingerprint density at radius 2 is 2.05 bits per heavy atom. The second-order valence-corrected chi connectivity index (χ2v) is 6.83. The molecule has 0 spiro atoms. The van der Waals surface area contributed by atoms with E-state index in [1.165, 1.54) is 49.9 Å². The number of hydrogen-bond acceptors (Lipinski definition) is 2. The summed E-state index contributed by atoms with van der Waals surface area (Å²) in [7, 11) is 0. The van der Waals surface area contributed by atoms with E-state index in [4.69, 9.17) is 0 Å². The Bertz CT molecular complexity index is 435. The molecule has 20 heavy (non-hydrogen) atoms. The molecule has 110 valence electrons. The Morgan fingerprint density at radius 1 is 1.15 bits per heavy atom. The maximum absolute atomic E-state index is 3.82. The molecule has 0 aromatic heterocycles. The molecular weight excluding hydrogens is 244 g/mol. The van der Waals surface area contributed by atoms with Crippen molar-refractivity contribution in [2.75, 3.05) is 11.9 Å². The van der Waals surface area contributed by atoms with E-state index in [0.29, 0.717) is 12.0 Å². The summed E-state index contributed by atoms with van der Waals surface area (Å²) in [5.41, 5.74) is 2.75. The zero-order valence-corrected chi connectivity index (χ0v) is 12.9. The molecule has 3 atom stereocenters. The van der Waals surface area contributed by atoms with Crippen LogP contribution < -0.4 is 10.6 Å². The lowest BCUT2D eigenvalue weighted by Crippen LogP contribution is -2.38. The van der Waals surface area contributed by atoms with Crippen molar-refractivity contribution in [1.29, 1.82) is 0 Å². The molecule has 1 heterocycles. The van der Waals surface area contributed by atoms with Gasteiger partial charge in [0.1, 0.15) is 0 Å². The summed E-state index contributed by atoms with van der Waals surface area (Å²) < 4.78 is 0. The Kier molecular flexibility index (Phi) is 4.30. The summed E-state index contributed by atoms with van der Waals surface area (Å²) in [4.78, 5) is 0. The van der Waals surface area contributed by atoms with Crippen molar-refractivity contribution in [1.82, 2.24) is 5.32 Å². The number of nitrogens with one attached hydrogen (secondary N) is 2. The quantitative estimate of drug-likeness (QED) is 0.860. The third kappa shape index (κ3) is 3.01. The van der Waals surface area contributed by atoms with Crippen LogP contribution in [0.25, 0.3) is 0 Å². The van der Waals surface area contributed by atoms with Gasteiger partial charge in [0.05, 0.1) is 0 Å². The largest absolute Gasteiger partial charge is 0.382 e. The molecule has 1 saturated carbocycles.